The summed E-state index contributed by atoms with van der Waals surface area (Å²) in [5.41, 5.74) is 4.79. The number of carbonyl (C=O) groups excluding carboxylic acids is 2. The lowest BCUT2D eigenvalue weighted by atomic mass is 10.2. The Balaban J connectivity index is 1.45. The minimum absolute atomic E-state index is 0.154. The third-order valence-electron chi connectivity index (χ3n) is 4.44. The maximum Gasteiger partial charge on any atom is 0.319 e. The monoisotopic (exact) mass is 406 g/mol. The van der Waals surface area contributed by atoms with Crippen molar-refractivity contribution in [3.63, 3.8) is 0 Å². The lowest BCUT2D eigenvalue weighted by molar-refractivity contribution is -0.116. The average molecular weight is 406 g/mol. The second kappa shape index (κ2) is 9.69. The number of anilines is 2. The van der Waals surface area contributed by atoms with Crippen molar-refractivity contribution in [1.29, 1.82) is 0 Å². The highest BCUT2D eigenvalue weighted by molar-refractivity contribution is 5.91. The molecule has 30 heavy (non-hydrogen) atoms. The van der Waals surface area contributed by atoms with Gasteiger partial charge in [0.25, 0.3) is 0 Å². The Morgan fingerprint density at radius 3 is 2.57 bits per heavy atom. The number of hydrogen-bond acceptors (Lipinski definition) is 4. The summed E-state index contributed by atoms with van der Waals surface area (Å²) in [5, 5.41) is 12.6. The van der Waals surface area contributed by atoms with Crippen LogP contribution >= 0.6 is 0 Å². The van der Waals surface area contributed by atoms with Gasteiger partial charge in [-0.1, -0.05) is 18.2 Å². The molecule has 0 aliphatic heterocycles. The van der Waals surface area contributed by atoms with Crippen molar-refractivity contribution in [2.24, 2.45) is 0 Å². The standard InChI is InChI=1S/C22H26N6O2/c1-15-7-8-20(24-13-15)26-21(29)9-10-23-22(30)25-19-6-4-5-18(12-19)14-28-17(3)11-16(2)27-28/h4-8,11-13H,9-10,14H2,1-3H3,(H2,23,25,30)(H,24,26,29). The second-order valence-corrected chi connectivity index (χ2v) is 7.18. The third-order valence-corrected chi connectivity index (χ3v) is 4.44. The van der Waals surface area contributed by atoms with Crippen LogP contribution in [0.2, 0.25) is 0 Å². The highest BCUT2D eigenvalue weighted by Gasteiger charge is 2.07. The predicted octanol–water partition coefficient (Wildman–Crippen LogP) is 3.40. The summed E-state index contributed by atoms with van der Waals surface area (Å²) in [6, 6.07) is 12.9. The Morgan fingerprint density at radius 2 is 1.87 bits per heavy atom. The molecule has 1 aromatic carbocycles. The van der Waals surface area contributed by atoms with Gasteiger partial charge in [-0.05, 0) is 56.2 Å². The summed E-state index contributed by atoms with van der Waals surface area (Å²) >= 11 is 0. The molecule has 3 N–H and O–H groups in total. The number of amides is 3. The Labute approximate surface area is 175 Å². The number of aromatic nitrogens is 3. The van der Waals surface area contributed by atoms with E-state index in [2.05, 4.69) is 26.0 Å². The molecule has 3 rings (SSSR count). The molecule has 0 aliphatic carbocycles. The molecule has 0 spiro atoms. The largest absolute Gasteiger partial charge is 0.337 e. The van der Waals surface area contributed by atoms with Crippen LogP contribution in [0.15, 0.2) is 48.7 Å². The quantitative estimate of drug-likeness (QED) is 0.560. The summed E-state index contributed by atoms with van der Waals surface area (Å²) in [6.07, 6.45) is 1.84. The molecule has 8 nitrogen and oxygen atoms in total. The molecule has 0 bridgehead atoms. The molecular formula is C22H26N6O2. The molecule has 0 radical (unpaired) electrons. The zero-order valence-electron chi connectivity index (χ0n) is 17.4. The molecule has 0 atom stereocenters. The number of pyridine rings is 1. The van der Waals surface area contributed by atoms with E-state index in [-0.39, 0.29) is 24.9 Å². The van der Waals surface area contributed by atoms with Crippen LogP contribution in [0.1, 0.15) is 28.9 Å². The minimum Gasteiger partial charge on any atom is -0.337 e. The number of carbonyl (C=O) groups is 2. The number of urea groups is 1. The van der Waals surface area contributed by atoms with Crippen molar-refractivity contribution in [1.82, 2.24) is 20.1 Å². The Hall–Kier alpha value is -3.68. The van der Waals surface area contributed by atoms with Crippen LogP contribution in [0, 0.1) is 20.8 Å². The molecule has 3 aromatic rings. The number of aryl methyl sites for hydroxylation is 3. The third kappa shape index (κ3) is 6.16. The van der Waals surface area contributed by atoms with E-state index < -0.39 is 0 Å². The van der Waals surface area contributed by atoms with Crippen LogP contribution < -0.4 is 16.0 Å². The number of rotatable bonds is 7. The first-order chi connectivity index (χ1) is 14.4. The van der Waals surface area contributed by atoms with Crippen molar-refractivity contribution in [2.75, 3.05) is 17.2 Å². The zero-order chi connectivity index (χ0) is 21.5. The summed E-state index contributed by atoms with van der Waals surface area (Å²) in [7, 11) is 0. The van der Waals surface area contributed by atoms with Gasteiger partial charge in [0.05, 0.1) is 12.2 Å². The van der Waals surface area contributed by atoms with Gasteiger partial charge in [0.15, 0.2) is 0 Å². The van der Waals surface area contributed by atoms with Crippen LogP contribution in [0.25, 0.3) is 0 Å². The van der Waals surface area contributed by atoms with E-state index in [4.69, 9.17) is 0 Å². The topological polar surface area (TPSA) is 101 Å². The van der Waals surface area contributed by atoms with Gasteiger partial charge in [0.2, 0.25) is 5.91 Å². The molecule has 2 aromatic heterocycles. The highest BCUT2D eigenvalue weighted by Crippen LogP contribution is 2.13. The maximum atomic E-state index is 12.1. The van der Waals surface area contributed by atoms with Gasteiger partial charge in [-0.25, -0.2) is 9.78 Å². The van der Waals surface area contributed by atoms with Crippen molar-refractivity contribution in [3.05, 3.63) is 71.2 Å². The van der Waals surface area contributed by atoms with Crippen LogP contribution in [0.4, 0.5) is 16.3 Å². The molecule has 2 heterocycles. The van der Waals surface area contributed by atoms with Crippen molar-refractivity contribution >= 4 is 23.4 Å². The van der Waals surface area contributed by atoms with E-state index in [1.54, 1.807) is 12.3 Å². The van der Waals surface area contributed by atoms with Gasteiger partial charge in [-0.3, -0.25) is 9.48 Å². The van der Waals surface area contributed by atoms with Gasteiger partial charge < -0.3 is 16.0 Å². The highest BCUT2D eigenvalue weighted by atomic mass is 16.2. The Morgan fingerprint density at radius 1 is 1.03 bits per heavy atom. The number of benzene rings is 1. The van der Waals surface area contributed by atoms with E-state index in [1.165, 1.54) is 0 Å². The van der Waals surface area contributed by atoms with Gasteiger partial charge in [0, 0.05) is 30.5 Å². The molecular weight excluding hydrogens is 380 g/mol. The first-order valence-electron chi connectivity index (χ1n) is 9.76. The molecule has 0 unspecified atom stereocenters. The molecule has 8 heteroatoms. The predicted molar refractivity (Wildman–Crippen MR) is 116 cm³/mol. The van der Waals surface area contributed by atoms with Gasteiger partial charge in [-0.2, -0.15) is 5.10 Å². The molecule has 156 valence electrons. The Kier molecular flexibility index (Phi) is 6.79. The lowest BCUT2D eigenvalue weighted by Gasteiger charge is -2.10. The molecule has 0 saturated carbocycles. The van der Waals surface area contributed by atoms with E-state index >= 15 is 0 Å². The van der Waals surface area contributed by atoms with E-state index in [0.717, 1.165) is 22.5 Å². The fourth-order valence-electron chi connectivity index (χ4n) is 2.97. The van der Waals surface area contributed by atoms with Crippen LogP contribution in [-0.4, -0.2) is 33.2 Å². The number of nitrogens with one attached hydrogen (secondary N) is 3. The smallest absolute Gasteiger partial charge is 0.319 e. The van der Waals surface area contributed by atoms with E-state index in [1.807, 2.05) is 61.9 Å². The zero-order valence-corrected chi connectivity index (χ0v) is 17.4. The van der Waals surface area contributed by atoms with Crippen molar-refractivity contribution in [3.8, 4) is 0 Å². The first kappa shape index (κ1) is 21.0. The number of hydrogen-bond donors (Lipinski definition) is 3. The summed E-state index contributed by atoms with van der Waals surface area (Å²) in [6.45, 7) is 6.75. The Bertz CT molecular complexity index is 1030. The van der Waals surface area contributed by atoms with Gasteiger partial charge >= 0.3 is 6.03 Å². The molecule has 3 amide bonds. The normalized spacial score (nSPS) is 10.5. The fraction of sp³-hybridized carbons (Fsp3) is 0.273. The summed E-state index contributed by atoms with van der Waals surface area (Å²) in [5.74, 6) is 0.285. The second-order valence-electron chi connectivity index (χ2n) is 7.18. The number of nitrogens with zero attached hydrogens (tertiary/aromatic N) is 3. The maximum absolute atomic E-state index is 12.1. The summed E-state index contributed by atoms with van der Waals surface area (Å²) in [4.78, 5) is 28.2. The molecule has 0 fully saturated rings. The molecule has 0 saturated heterocycles. The van der Waals surface area contributed by atoms with Crippen LogP contribution in [0.5, 0.6) is 0 Å². The van der Waals surface area contributed by atoms with E-state index in [9.17, 15) is 9.59 Å². The van der Waals surface area contributed by atoms with Crippen molar-refractivity contribution < 1.29 is 9.59 Å². The molecule has 0 aliphatic rings. The lowest BCUT2D eigenvalue weighted by Crippen LogP contribution is -2.31. The van der Waals surface area contributed by atoms with Gasteiger partial charge in [0.1, 0.15) is 5.82 Å². The first-order valence-corrected chi connectivity index (χ1v) is 9.76. The minimum atomic E-state index is -0.362. The van der Waals surface area contributed by atoms with Crippen LogP contribution in [0.3, 0.4) is 0 Å². The van der Waals surface area contributed by atoms with E-state index in [0.29, 0.717) is 18.1 Å². The SMILES string of the molecule is Cc1ccc(NC(=O)CCNC(=O)Nc2cccc(Cn3nc(C)cc3C)c2)nc1. The van der Waals surface area contributed by atoms with Crippen molar-refractivity contribution in [2.45, 2.75) is 33.7 Å². The summed E-state index contributed by atoms with van der Waals surface area (Å²) < 4.78 is 1.93. The average Bonchev–Trinajstić information content (AvgIpc) is 3.00. The van der Waals surface area contributed by atoms with Gasteiger partial charge in [-0.15, -0.1) is 0 Å². The fourth-order valence-corrected chi connectivity index (χ4v) is 2.97. The van der Waals surface area contributed by atoms with Crippen LogP contribution in [-0.2, 0) is 11.3 Å².